The minimum absolute atomic E-state index is 0.188. The molecule has 1 aromatic carbocycles. The van der Waals surface area contributed by atoms with Gasteiger partial charge in [0.15, 0.2) is 0 Å². The SMILES string of the molecule is CN(CC(=O)N1CCC(N)CC1)c1ccccc1. The van der Waals surface area contributed by atoms with Gasteiger partial charge in [-0.25, -0.2) is 0 Å². The summed E-state index contributed by atoms with van der Waals surface area (Å²) in [5.41, 5.74) is 6.91. The second-order valence-corrected chi connectivity index (χ2v) is 4.91. The third-order valence-corrected chi connectivity index (χ3v) is 3.46. The number of benzene rings is 1. The summed E-state index contributed by atoms with van der Waals surface area (Å²) < 4.78 is 0. The lowest BCUT2D eigenvalue weighted by molar-refractivity contribution is -0.130. The Bertz CT molecular complexity index is 385. The van der Waals surface area contributed by atoms with Crippen LogP contribution >= 0.6 is 0 Å². The Labute approximate surface area is 108 Å². The normalized spacial score (nSPS) is 16.7. The van der Waals surface area contributed by atoms with E-state index in [4.69, 9.17) is 5.73 Å². The van der Waals surface area contributed by atoms with Crippen molar-refractivity contribution in [3.05, 3.63) is 30.3 Å². The van der Waals surface area contributed by atoms with Gasteiger partial charge in [0.25, 0.3) is 0 Å². The number of nitrogens with two attached hydrogens (primary N) is 1. The average molecular weight is 247 g/mol. The number of nitrogens with zero attached hydrogens (tertiary/aromatic N) is 2. The highest BCUT2D eigenvalue weighted by molar-refractivity contribution is 5.81. The van der Waals surface area contributed by atoms with Gasteiger partial charge in [-0.2, -0.15) is 0 Å². The molecular weight excluding hydrogens is 226 g/mol. The van der Waals surface area contributed by atoms with E-state index < -0.39 is 0 Å². The molecular formula is C14H21N3O. The number of hydrogen-bond donors (Lipinski definition) is 1. The smallest absolute Gasteiger partial charge is 0.242 e. The summed E-state index contributed by atoms with van der Waals surface area (Å²) >= 11 is 0. The lowest BCUT2D eigenvalue weighted by Gasteiger charge is -2.31. The fourth-order valence-electron chi connectivity index (χ4n) is 2.23. The van der Waals surface area contributed by atoms with E-state index in [1.165, 1.54) is 0 Å². The minimum Gasteiger partial charge on any atom is -0.365 e. The van der Waals surface area contributed by atoms with E-state index in [0.29, 0.717) is 6.54 Å². The molecule has 0 unspecified atom stereocenters. The number of likely N-dealkylation sites (N-methyl/N-ethyl adjacent to an activating group) is 1. The predicted octanol–water partition coefficient (Wildman–Crippen LogP) is 1.07. The van der Waals surface area contributed by atoms with Crippen LogP contribution in [0.25, 0.3) is 0 Å². The van der Waals surface area contributed by atoms with E-state index in [2.05, 4.69) is 0 Å². The maximum atomic E-state index is 12.1. The molecule has 0 saturated carbocycles. The molecule has 4 heteroatoms. The Morgan fingerprint density at radius 1 is 1.33 bits per heavy atom. The molecule has 0 aliphatic carbocycles. The van der Waals surface area contributed by atoms with Crippen LogP contribution in [0.4, 0.5) is 5.69 Å². The molecule has 1 amide bonds. The molecule has 0 radical (unpaired) electrons. The highest BCUT2D eigenvalue weighted by Gasteiger charge is 2.21. The van der Waals surface area contributed by atoms with Crippen molar-refractivity contribution in [1.82, 2.24) is 4.90 Å². The first-order valence-corrected chi connectivity index (χ1v) is 6.46. The number of carbonyl (C=O) groups excluding carboxylic acids is 1. The molecule has 0 spiro atoms. The third kappa shape index (κ3) is 3.23. The maximum absolute atomic E-state index is 12.1. The van der Waals surface area contributed by atoms with Gasteiger partial charge in [0.1, 0.15) is 0 Å². The molecule has 1 aliphatic heterocycles. The number of piperidine rings is 1. The van der Waals surface area contributed by atoms with Gasteiger partial charge in [-0.05, 0) is 25.0 Å². The van der Waals surface area contributed by atoms with E-state index in [0.717, 1.165) is 31.6 Å². The number of para-hydroxylation sites is 1. The van der Waals surface area contributed by atoms with Crippen LogP contribution in [0.5, 0.6) is 0 Å². The highest BCUT2D eigenvalue weighted by Crippen LogP contribution is 2.13. The number of carbonyl (C=O) groups is 1. The van der Waals surface area contributed by atoms with Gasteiger partial charge >= 0.3 is 0 Å². The van der Waals surface area contributed by atoms with Crippen LogP contribution in [-0.2, 0) is 4.79 Å². The van der Waals surface area contributed by atoms with Crippen LogP contribution in [0.1, 0.15) is 12.8 Å². The van der Waals surface area contributed by atoms with E-state index in [1.54, 1.807) is 0 Å². The first-order chi connectivity index (χ1) is 8.66. The molecule has 2 rings (SSSR count). The number of likely N-dealkylation sites (tertiary alicyclic amines) is 1. The topological polar surface area (TPSA) is 49.6 Å². The summed E-state index contributed by atoms with van der Waals surface area (Å²) in [6.07, 6.45) is 1.83. The Morgan fingerprint density at radius 3 is 2.56 bits per heavy atom. The standard InChI is InChI=1S/C14H21N3O/c1-16(13-5-3-2-4-6-13)11-14(18)17-9-7-12(15)8-10-17/h2-6,12H,7-11,15H2,1H3. The summed E-state index contributed by atoms with van der Waals surface area (Å²) in [6.45, 7) is 2.02. The Balaban J connectivity index is 1.87. The molecule has 1 aromatic rings. The van der Waals surface area contributed by atoms with Crippen LogP contribution in [0.3, 0.4) is 0 Å². The minimum atomic E-state index is 0.188. The first kappa shape index (κ1) is 12.9. The van der Waals surface area contributed by atoms with Gasteiger partial charge < -0.3 is 15.5 Å². The monoisotopic (exact) mass is 247 g/mol. The zero-order valence-electron chi connectivity index (χ0n) is 10.9. The maximum Gasteiger partial charge on any atom is 0.242 e. The molecule has 4 nitrogen and oxygen atoms in total. The number of anilines is 1. The van der Waals surface area contributed by atoms with E-state index >= 15 is 0 Å². The molecule has 98 valence electrons. The molecule has 2 N–H and O–H groups in total. The second kappa shape index (κ2) is 5.87. The molecule has 0 aromatic heterocycles. The average Bonchev–Trinajstić information content (AvgIpc) is 2.40. The molecule has 1 heterocycles. The first-order valence-electron chi connectivity index (χ1n) is 6.46. The summed E-state index contributed by atoms with van der Waals surface area (Å²) in [4.78, 5) is 16.0. The van der Waals surface area contributed by atoms with Crippen molar-refractivity contribution >= 4 is 11.6 Å². The van der Waals surface area contributed by atoms with E-state index in [9.17, 15) is 4.79 Å². The molecule has 1 aliphatic rings. The summed E-state index contributed by atoms with van der Waals surface area (Å²) in [5.74, 6) is 0.188. The van der Waals surface area contributed by atoms with Crippen LogP contribution in [0.15, 0.2) is 30.3 Å². The number of amides is 1. The van der Waals surface area contributed by atoms with Gasteiger partial charge in [0.05, 0.1) is 6.54 Å². The second-order valence-electron chi connectivity index (χ2n) is 4.91. The number of rotatable bonds is 3. The van der Waals surface area contributed by atoms with Crippen molar-refractivity contribution in [2.75, 3.05) is 31.6 Å². The van der Waals surface area contributed by atoms with E-state index in [1.807, 2.05) is 47.2 Å². The Hall–Kier alpha value is -1.55. The summed E-state index contributed by atoms with van der Waals surface area (Å²) in [5, 5.41) is 0. The molecule has 18 heavy (non-hydrogen) atoms. The van der Waals surface area contributed by atoms with Crippen LogP contribution in [-0.4, -0.2) is 43.5 Å². The van der Waals surface area contributed by atoms with Crippen LogP contribution < -0.4 is 10.6 Å². The molecule has 0 atom stereocenters. The van der Waals surface area contributed by atoms with Crippen molar-refractivity contribution in [3.63, 3.8) is 0 Å². The van der Waals surface area contributed by atoms with Gasteiger partial charge in [-0.15, -0.1) is 0 Å². The van der Waals surface area contributed by atoms with Crippen LogP contribution in [0, 0.1) is 0 Å². The fourth-order valence-corrected chi connectivity index (χ4v) is 2.23. The zero-order valence-corrected chi connectivity index (χ0v) is 10.9. The van der Waals surface area contributed by atoms with Crippen LogP contribution in [0.2, 0.25) is 0 Å². The van der Waals surface area contributed by atoms with Gasteiger partial charge in [-0.1, -0.05) is 18.2 Å². The third-order valence-electron chi connectivity index (χ3n) is 3.46. The van der Waals surface area contributed by atoms with E-state index in [-0.39, 0.29) is 11.9 Å². The molecule has 1 fully saturated rings. The van der Waals surface area contributed by atoms with Crippen molar-refractivity contribution in [3.8, 4) is 0 Å². The highest BCUT2D eigenvalue weighted by atomic mass is 16.2. The zero-order chi connectivity index (χ0) is 13.0. The Kier molecular flexibility index (Phi) is 4.20. The van der Waals surface area contributed by atoms with Crippen molar-refractivity contribution in [2.24, 2.45) is 5.73 Å². The predicted molar refractivity (Wildman–Crippen MR) is 73.5 cm³/mol. The summed E-state index contributed by atoms with van der Waals surface area (Å²) in [6, 6.07) is 10.2. The lowest BCUT2D eigenvalue weighted by Crippen LogP contribution is -2.46. The van der Waals surface area contributed by atoms with Crippen molar-refractivity contribution in [1.29, 1.82) is 0 Å². The largest absolute Gasteiger partial charge is 0.365 e. The van der Waals surface area contributed by atoms with Crippen molar-refractivity contribution in [2.45, 2.75) is 18.9 Å². The van der Waals surface area contributed by atoms with Gasteiger partial charge in [0.2, 0.25) is 5.91 Å². The number of hydrogen-bond acceptors (Lipinski definition) is 3. The summed E-state index contributed by atoms with van der Waals surface area (Å²) in [7, 11) is 1.95. The van der Waals surface area contributed by atoms with Crippen molar-refractivity contribution < 1.29 is 4.79 Å². The molecule has 0 bridgehead atoms. The van der Waals surface area contributed by atoms with Gasteiger partial charge in [0, 0.05) is 31.9 Å². The Morgan fingerprint density at radius 2 is 1.94 bits per heavy atom. The van der Waals surface area contributed by atoms with Gasteiger partial charge in [-0.3, -0.25) is 4.79 Å². The fraction of sp³-hybridized carbons (Fsp3) is 0.500. The molecule has 1 saturated heterocycles. The quantitative estimate of drug-likeness (QED) is 0.869. The lowest BCUT2D eigenvalue weighted by atomic mass is 10.1.